The molecule has 0 aromatic rings. The second-order valence-electron chi connectivity index (χ2n) is 2.64. The van der Waals surface area contributed by atoms with Crippen molar-refractivity contribution in [1.82, 2.24) is 0 Å². The van der Waals surface area contributed by atoms with Gasteiger partial charge in [0, 0.05) is 4.91 Å². The van der Waals surface area contributed by atoms with Crippen molar-refractivity contribution < 1.29 is 9.84 Å². The zero-order chi connectivity index (χ0) is 7.14. The molecule has 0 unspecified atom stereocenters. The molecule has 1 N–H and O–H groups in total. The van der Waals surface area contributed by atoms with Gasteiger partial charge >= 0.3 is 0 Å². The molecule has 1 heterocycles. The predicted molar refractivity (Wildman–Crippen MR) is 32.2 cm³/mol. The highest BCUT2D eigenvalue weighted by Crippen LogP contribution is 2.40. The monoisotopic (exact) mass is 141 g/mol. The van der Waals surface area contributed by atoms with Crippen LogP contribution in [-0.4, -0.2) is 29.5 Å². The second kappa shape index (κ2) is 1.85. The lowest BCUT2D eigenvalue weighted by Crippen LogP contribution is -2.23. The van der Waals surface area contributed by atoms with E-state index in [1.807, 2.05) is 0 Å². The Balaban J connectivity index is 2.07. The summed E-state index contributed by atoms with van der Waals surface area (Å²) in [6, 6.07) is -0.256. The van der Waals surface area contributed by atoms with Crippen molar-refractivity contribution in [2.75, 3.05) is 0 Å². The van der Waals surface area contributed by atoms with Crippen LogP contribution in [0.5, 0.6) is 0 Å². The first-order valence-corrected chi connectivity index (χ1v) is 3.20. The Kier molecular flexibility index (Phi) is 1.11. The van der Waals surface area contributed by atoms with E-state index in [-0.39, 0.29) is 18.2 Å². The Morgan fingerprint density at radius 3 is 3.00 bits per heavy atom. The van der Waals surface area contributed by atoms with Crippen molar-refractivity contribution in [2.45, 2.75) is 30.8 Å². The number of epoxide rings is 1. The third-order valence-corrected chi connectivity index (χ3v) is 2.03. The molecule has 2 fully saturated rings. The molecule has 5 heteroatoms. The summed E-state index contributed by atoms with van der Waals surface area (Å²) in [6.45, 7) is 0. The van der Waals surface area contributed by atoms with Crippen molar-refractivity contribution in [1.29, 1.82) is 0 Å². The van der Waals surface area contributed by atoms with Gasteiger partial charge in [-0.15, -0.1) is 0 Å². The number of aliphatic hydroxyl groups excluding tert-OH is 1. The molecule has 0 aromatic carbocycles. The second-order valence-corrected chi connectivity index (χ2v) is 2.64. The molecule has 10 heavy (non-hydrogen) atoms. The summed E-state index contributed by atoms with van der Waals surface area (Å²) in [5, 5.41) is 12.7. The summed E-state index contributed by atoms with van der Waals surface area (Å²) in [7, 11) is 0. The van der Waals surface area contributed by atoms with Gasteiger partial charge in [0.1, 0.15) is 6.10 Å². The van der Waals surface area contributed by atoms with Crippen LogP contribution in [0.4, 0.5) is 0 Å². The number of hydrogen-bond donors (Lipinski definition) is 1. The maximum atomic E-state index is 9.24. The molecule has 4 atom stereocenters. The third kappa shape index (κ3) is 0.686. The fraction of sp³-hybridized carbons (Fsp3) is 1.00. The molecule has 54 valence electrons. The van der Waals surface area contributed by atoms with Crippen LogP contribution >= 0.6 is 0 Å². The number of fused-ring (bicyclic) bond motifs is 1. The molecular weight excluding hydrogens is 134 g/mol. The Morgan fingerprint density at radius 1 is 1.70 bits per heavy atom. The van der Waals surface area contributed by atoms with Crippen LogP contribution in [0.2, 0.25) is 0 Å². The maximum Gasteiger partial charge on any atom is 0.110 e. The Labute approximate surface area is 57.2 Å². The normalized spacial score (nSPS) is 49.7. The molecule has 1 saturated carbocycles. The number of aliphatic hydroxyl groups is 1. The van der Waals surface area contributed by atoms with Crippen LogP contribution in [0, 0.1) is 0 Å². The van der Waals surface area contributed by atoms with Crippen LogP contribution in [-0.2, 0) is 4.74 Å². The van der Waals surface area contributed by atoms with Crippen molar-refractivity contribution in [3.8, 4) is 0 Å². The first-order valence-electron chi connectivity index (χ1n) is 3.20. The molecule has 1 aliphatic heterocycles. The summed E-state index contributed by atoms with van der Waals surface area (Å²) in [6.07, 6.45) is 0.220. The van der Waals surface area contributed by atoms with E-state index in [9.17, 15) is 5.11 Å². The van der Waals surface area contributed by atoms with Crippen LogP contribution in [0.3, 0.4) is 0 Å². The van der Waals surface area contributed by atoms with Gasteiger partial charge in [0.05, 0.1) is 18.2 Å². The van der Waals surface area contributed by atoms with Gasteiger partial charge < -0.3 is 9.84 Å². The SMILES string of the molecule is [N-]=[N+]=N[C@H]1C[C@H]2O[C@H]2[C@@H]1O. The van der Waals surface area contributed by atoms with E-state index < -0.39 is 6.10 Å². The van der Waals surface area contributed by atoms with Crippen LogP contribution in [0.25, 0.3) is 10.4 Å². The van der Waals surface area contributed by atoms with E-state index in [0.29, 0.717) is 6.42 Å². The van der Waals surface area contributed by atoms with Gasteiger partial charge in [0.2, 0.25) is 0 Å². The zero-order valence-corrected chi connectivity index (χ0v) is 5.21. The van der Waals surface area contributed by atoms with Gasteiger partial charge in [0.15, 0.2) is 0 Å². The minimum absolute atomic E-state index is 0.0458. The van der Waals surface area contributed by atoms with E-state index in [1.165, 1.54) is 0 Å². The molecule has 0 bridgehead atoms. The lowest BCUT2D eigenvalue weighted by molar-refractivity contribution is 0.102. The van der Waals surface area contributed by atoms with Crippen LogP contribution < -0.4 is 0 Å². The fourth-order valence-corrected chi connectivity index (χ4v) is 1.42. The Bertz CT molecular complexity index is 201. The molecule has 0 radical (unpaired) electrons. The molecule has 1 aliphatic carbocycles. The molecule has 1 saturated heterocycles. The average Bonchev–Trinajstić information content (AvgIpc) is 2.60. The molecular formula is C5H7N3O2. The summed E-state index contributed by atoms with van der Waals surface area (Å²) < 4.78 is 5.01. The van der Waals surface area contributed by atoms with E-state index in [2.05, 4.69) is 10.0 Å². The highest BCUT2D eigenvalue weighted by Gasteiger charge is 2.54. The van der Waals surface area contributed by atoms with Crippen molar-refractivity contribution in [2.24, 2.45) is 5.11 Å². The number of rotatable bonds is 1. The molecule has 0 amide bonds. The van der Waals surface area contributed by atoms with E-state index in [1.54, 1.807) is 0 Å². The first kappa shape index (κ1) is 5.97. The van der Waals surface area contributed by atoms with Gasteiger partial charge in [-0.25, -0.2) is 0 Å². The minimum atomic E-state index is -0.569. The molecule has 0 spiro atoms. The summed E-state index contributed by atoms with van der Waals surface area (Å²) in [5.74, 6) is 0. The van der Waals surface area contributed by atoms with Crippen molar-refractivity contribution in [3.05, 3.63) is 10.4 Å². The topological polar surface area (TPSA) is 81.5 Å². The summed E-state index contributed by atoms with van der Waals surface area (Å²) in [5.41, 5.74) is 8.05. The Hall–Kier alpha value is -0.770. The summed E-state index contributed by atoms with van der Waals surface area (Å²) in [4.78, 5) is 2.63. The highest BCUT2D eigenvalue weighted by atomic mass is 16.6. The third-order valence-electron chi connectivity index (χ3n) is 2.03. The number of azide groups is 1. The van der Waals surface area contributed by atoms with Crippen LogP contribution in [0.1, 0.15) is 6.42 Å². The lowest BCUT2D eigenvalue weighted by atomic mass is 10.2. The predicted octanol–water partition coefficient (Wildman–Crippen LogP) is 0.197. The van der Waals surface area contributed by atoms with Crippen molar-refractivity contribution >= 4 is 0 Å². The average molecular weight is 141 g/mol. The van der Waals surface area contributed by atoms with Gasteiger partial charge in [0.25, 0.3) is 0 Å². The van der Waals surface area contributed by atoms with Crippen molar-refractivity contribution in [3.63, 3.8) is 0 Å². The minimum Gasteiger partial charge on any atom is -0.390 e. The Morgan fingerprint density at radius 2 is 2.50 bits per heavy atom. The smallest absolute Gasteiger partial charge is 0.110 e. The van der Waals surface area contributed by atoms with Gasteiger partial charge in [-0.05, 0) is 12.0 Å². The van der Waals surface area contributed by atoms with Gasteiger partial charge in [-0.3, -0.25) is 0 Å². The number of hydrogen-bond acceptors (Lipinski definition) is 3. The molecule has 2 rings (SSSR count). The molecule has 2 aliphatic rings. The van der Waals surface area contributed by atoms with E-state index in [4.69, 9.17) is 10.3 Å². The fourth-order valence-electron chi connectivity index (χ4n) is 1.42. The maximum absolute atomic E-state index is 9.24. The first-order chi connectivity index (χ1) is 4.83. The quantitative estimate of drug-likeness (QED) is 0.245. The number of nitrogens with zero attached hydrogens (tertiary/aromatic N) is 3. The molecule has 0 aromatic heterocycles. The number of ether oxygens (including phenoxy) is 1. The largest absolute Gasteiger partial charge is 0.390 e. The van der Waals surface area contributed by atoms with Gasteiger partial charge in [-0.2, -0.15) is 0 Å². The van der Waals surface area contributed by atoms with Gasteiger partial charge in [-0.1, -0.05) is 5.11 Å². The van der Waals surface area contributed by atoms with Crippen LogP contribution in [0.15, 0.2) is 5.11 Å². The highest BCUT2D eigenvalue weighted by molar-refractivity contribution is 5.06. The van der Waals surface area contributed by atoms with E-state index in [0.717, 1.165) is 0 Å². The lowest BCUT2D eigenvalue weighted by Gasteiger charge is -2.08. The standard InChI is InChI=1S/C5H7N3O2/c6-8-7-2-1-3-5(10-3)4(2)9/h2-5,9H,1H2/t2-,3+,4+,5+/m0/s1. The zero-order valence-electron chi connectivity index (χ0n) is 5.21. The van der Waals surface area contributed by atoms with E-state index >= 15 is 0 Å². The molecule has 5 nitrogen and oxygen atoms in total. The summed E-state index contributed by atoms with van der Waals surface area (Å²) >= 11 is 0.